The van der Waals surface area contributed by atoms with Gasteiger partial charge >= 0.3 is 0 Å². The van der Waals surface area contributed by atoms with Crippen molar-refractivity contribution < 1.29 is 17.5 Å². The number of rotatable bonds is 9. The SMILES string of the molecule is CCC(N)C(Nc1nc(Cc2ccc(F)c(C)c2)ns1)S(=O)(=O)c1ccc(OC)cc1. The van der Waals surface area contributed by atoms with Gasteiger partial charge in [0.15, 0.2) is 5.37 Å². The van der Waals surface area contributed by atoms with Gasteiger partial charge in [-0.05, 0) is 54.8 Å². The Morgan fingerprint density at radius 1 is 1.23 bits per heavy atom. The summed E-state index contributed by atoms with van der Waals surface area (Å²) in [5.41, 5.74) is 7.58. The summed E-state index contributed by atoms with van der Waals surface area (Å²) in [5.74, 6) is 0.815. The molecule has 0 saturated carbocycles. The lowest BCUT2D eigenvalue weighted by atomic mass is 10.1. The molecule has 0 amide bonds. The third-order valence-electron chi connectivity index (χ3n) is 4.90. The number of nitrogens with two attached hydrogens (primary N) is 1. The zero-order valence-electron chi connectivity index (χ0n) is 17.5. The molecule has 2 unspecified atom stereocenters. The predicted octanol–water partition coefficient (Wildman–Crippen LogP) is 3.53. The van der Waals surface area contributed by atoms with Crippen LogP contribution in [0.1, 0.15) is 30.3 Å². The predicted molar refractivity (Wildman–Crippen MR) is 120 cm³/mol. The molecule has 31 heavy (non-hydrogen) atoms. The number of benzene rings is 2. The summed E-state index contributed by atoms with van der Waals surface area (Å²) >= 11 is 1.06. The smallest absolute Gasteiger partial charge is 0.203 e. The van der Waals surface area contributed by atoms with E-state index in [1.165, 1.54) is 25.3 Å². The minimum atomic E-state index is -3.79. The molecule has 2 aromatic carbocycles. The number of hydrogen-bond donors (Lipinski definition) is 2. The fraction of sp³-hybridized carbons (Fsp3) is 0.333. The molecular formula is C21H25FN4O3S2. The van der Waals surface area contributed by atoms with Crippen LogP contribution in [0.2, 0.25) is 0 Å². The van der Waals surface area contributed by atoms with E-state index in [1.807, 2.05) is 6.92 Å². The average molecular weight is 465 g/mol. The molecule has 166 valence electrons. The Morgan fingerprint density at radius 3 is 2.55 bits per heavy atom. The van der Waals surface area contributed by atoms with Gasteiger partial charge in [-0.3, -0.25) is 0 Å². The van der Waals surface area contributed by atoms with Crippen molar-refractivity contribution in [1.82, 2.24) is 9.36 Å². The topological polar surface area (TPSA) is 107 Å². The number of halogens is 1. The molecule has 7 nitrogen and oxygen atoms in total. The van der Waals surface area contributed by atoms with Gasteiger partial charge in [0.1, 0.15) is 17.4 Å². The van der Waals surface area contributed by atoms with E-state index in [0.29, 0.717) is 35.1 Å². The molecule has 2 atom stereocenters. The molecule has 0 aliphatic rings. The van der Waals surface area contributed by atoms with E-state index in [2.05, 4.69) is 14.7 Å². The fourth-order valence-electron chi connectivity index (χ4n) is 3.05. The third kappa shape index (κ3) is 5.38. The zero-order chi connectivity index (χ0) is 22.6. The summed E-state index contributed by atoms with van der Waals surface area (Å²) < 4.78 is 49.4. The quantitative estimate of drug-likeness (QED) is 0.499. The highest BCUT2D eigenvalue weighted by atomic mass is 32.2. The normalized spacial score (nSPS) is 13.6. The summed E-state index contributed by atoms with van der Waals surface area (Å²) in [4.78, 5) is 4.55. The van der Waals surface area contributed by atoms with E-state index < -0.39 is 21.3 Å². The Balaban J connectivity index is 1.82. The van der Waals surface area contributed by atoms with Crippen LogP contribution in [0.5, 0.6) is 5.75 Å². The molecule has 0 spiro atoms. The van der Waals surface area contributed by atoms with Crippen molar-refractivity contribution >= 4 is 26.5 Å². The second-order valence-corrected chi connectivity index (χ2v) is 9.95. The standard InChI is InChI=1S/C21H25FN4O3S2/c1-4-18(23)20(31(27,28)16-8-6-15(29-3)7-9-16)25-21-24-19(26-30-21)12-14-5-10-17(22)13(2)11-14/h5-11,18,20H,4,12,23H2,1-3H3,(H,24,25,26). The number of hydrogen-bond acceptors (Lipinski definition) is 8. The molecule has 1 heterocycles. The molecule has 0 fully saturated rings. The van der Waals surface area contributed by atoms with Gasteiger partial charge in [-0.15, -0.1) is 0 Å². The van der Waals surface area contributed by atoms with Crippen molar-refractivity contribution in [2.24, 2.45) is 5.73 Å². The number of anilines is 1. The van der Waals surface area contributed by atoms with Crippen LogP contribution in [0.15, 0.2) is 47.4 Å². The van der Waals surface area contributed by atoms with Crippen LogP contribution >= 0.6 is 11.5 Å². The summed E-state index contributed by atoms with van der Waals surface area (Å²) in [6.45, 7) is 3.52. The van der Waals surface area contributed by atoms with Crippen molar-refractivity contribution in [2.45, 2.75) is 43.0 Å². The monoisotopic (exact) mass is 464 g/mol. The van der Waals surface area contributed by atoms with Crippen molar-refractivity contribution in [3.63, 3.8) is 0 Å². The summed E-state index contributed by atoms with van der Waals surface area (Å²) in [6, 6.07) is 10.4. The number of aromatic nitrogens is 2. The second-order valence-electron chi connectivity index (χ2n) is 7.13. The average Bonchev–Trinajstić information content (AvgIpc) is 3.21. The molecule has 3 aromatic rings. The van der Waals surface area contributed by atoms with Crippen molar-refractivity contribution in [3.05, 3.63) is 65.2 Å². The lowest BCUT2D eigenvalue weighted by molar-refractivity contribution is 0.414. The van der Waals surface area contributed by atoms with Crippen LogP contribution in [0.25, 0.3) is 0 Å². The number of ether oxygens (including phenoxy) is 1. The van der Waals surface area contributed by atoms with E-state index in [9.17, 15) is 12.8 Å². The number of nitrogens with zero attached hydrogens (tertiary/aromatic N) is 2. The van der Waals surface area contributed by atoms with Gasteiger partial charge in [0.05, 0.1) is 12.0 Å². The van der Waals surface area contributed by atoms with Gasteiger partial charge in [0.2, 0.25) is 15.0 Å². The first-order chi connectivity index (χ1) is 14.7. The van der Waals surface area contributed by atoms with Crippen molar-refractivity contribution in [3.8, 4) is 5.75 Å². The van der Waals surface area contributed by atoms with Crippen molar-refractivity contribution in [2.75, 3.05) is 12.4 Å². The second kappa shape index (κ2) is 9.71. The lowest BCUT2D eigenvalue weighted by Gasteiger charge is -2.24. The molecule has 0 bridgehead atoms. The maximum atomic E-state index is 13.5. The van der Waals surface area contributed by atoms with Gasteiger partial charge in [0.25, 0.3) is 0 Å². The Morgan fingerprint density at radius 2 is 1.94 bits per heavy atom. The summed E-state index contributed by atoms with van der Waals surface area (Å²) in [7, 11) is -2.27. The van der Waals surface area contributed by atoms with E-state index in [-0.39, 0.29) is 10.7 Å². The van der Waals surface area contributed by atoms with Gasteiger partial charge in [0, 0.05) is 24.0 Å². The Kier molecular flexibility index (Phi) is 7.24. The first kappa shape index (κ1) is 23.1. The lowest BCUT2D eigenvalue weighted by Crippen LogP contribution is -2.45. The van der Waals surface area contributed by atoms with Gasteiger partial charge in [-0.25, -0.2) is 17.8 Å². The highest BCUT2D eigenvalue weighted by Gasteiger charge is 2.33. The molecule has 3 rings (SSSR count). The summed E-state index contributed by atoms with van der Waals surface area (Å²) in [6.07, 6.45) is 0.864. The Labute approximate surface area is 185 Å². The Bertz CT molecular complexity index is 1130. The minimum Gasteiger partial charge on any atom is -0.497 e. The maximum absolute atomic E-state index is 13.5. The first-order valence-electron chi connectivity index (χ1n) is 9.72. The van der Waals surface area contributed by atoms with Crippen molar-refractivity contribution in [1.29, 1.82) is 0 Å². The van der Waals surface area contributed by atoms with Gasteiger partial charge in [-0.1, -0.05) is 19.1 Å². The maximum Gasteiger partial charge on any atom is 0.203 e. The number of aryl methyl sites for hydroxylation is 1. The first-order valence-corrected chi connectivity index (χ1v) is 12.0. The van der Waals surface area contributed by atoms with E-state index >= 15 is 0 Å². The third-order valence-corrected chi connectivity index (χ3v) is 7.65. The number of sulfone groups is 1. The van der Waals surface area contributed by atoms with E-state index in [1.54, 1.807) is 31.2 Å². The summed E-state index contributed by atoms with van der Waals surface area (Å²) in [5, 5.41) is 2.26. The number of nitrogens with one attached hydrogen (secondary N) is 1. The van der Waals surface area contributed by atoms with Gasteiger partial charge < -0.3 is 15.8 Å². The largest absolute Gasteiger partial charge is 0.497 e. The molecule has 0 saturated heterocycles. The molecule has 0 radical (unpaired) electrons. The van der Waals surface area contributed by atoms with Crippen LogP contribution in [0, 0.1) is 12.7 Å². The Hall–Kier alpha value is -2.56. The molecule has 1 aromatic heterocycles. The highest BCUT2D eigenvalue weighted by molar-refractivity contribution is 7.92. The highest BCUT2D eigenvalue weighted by Crippen LogP contribution is 2.25. The molecule has 10 heteroatoms. The minimum absolute atomic E-state index is 0.140. The van der Waals surface area contributed by atoms with Crippen LogP contribution in [-0.2, 0) is 16.3 Å². The number of methoxy groups -OCH3 is 1. The molecule has 0 aliphatic carbocycles. The van der Waals surface area contributed by atoms with E-state index in [0.717, 1.165) is 17.1 Å². The van der Waals surface area contributed by atoms with Gasteiger partial charge in [-0.2, -0.15) is 4.37 Å². The zero-order valence-corrected chi connectivity index (χ0v) is 19.1. The molecular weight excluding hydrogens is 439 g/mol. The van der Waals surface area contributed by atoms with E-state index in [4.69, 9.17) is 10.5 Å². The van der Waals surface area contributed by atoms with Crippen LogP contribution in [0.3, 0.4) is 0 Å². The van der Waals surface area contributed by atoms with Crippen LogP contribution < -0.4 is 15.8 Å². The van der Waals surface area contributed by atoms with Crippen LogP contribution in [-0.4, -0.2) is 36.3 Å². The fourth-order valence-corrected chi connectivity index (χ4v) is 5.47. The molecule has 0 aliphatic heterocycles. The molecule has 3 N–H and O–H groups in total. The van der Waals surface area contributed by atoms with Crippen LogP contribution in [0.4, 0.5) is 9.52 Å².